The van der Waals surface area contributed by atoms with Crippen molar-refractivity contribution >= 4 is 28.5 Å². The van der Waals surface area contributed by atoms with E-state index in [0.29, 0.717) is 5.84 Å². The summed E-state index contributed by atoms with van der Waals surface area (Å²) >= 11 is 1.57. The van der Waals surface area contributed by atoms with Crippen molar-refractivity contribution < 1.29 is 0 Å². The van der Waals surface area contributed by atoms with E-state index in [4.69, 9.17) is 5.41 Å². The van der Waals surface area contributed by atoms with Crippen LogP contribution in [0.2, 0.25) is 0 Å². The van der Waals surface area contributed by atoms with Crippen molar-refractivity contribution in [3.63, 3.8) is 0 Å². The molecule has 0 saturated carbocycles. The molecule has 0 radical (unpaired) electrons. The Morgan fingerprint density at radius 1 is 1.15 bits per heavy atom. The van der Waals surface area contributed by atoms with E-state index in [1.165, 1.54) is 5.69 Å². The highest BCUT2D eigenvalue weighted by Gasteiger charge is 2.07. The molecule has 3 nitrogen and oxygen atoms in total. The highest BCUT2D eigenvalue weighted by molar-refractivity contribution is 7.12. The van der Waals surface area contributed by atoms with Crippen LogP contribution in [-0.2, 0) is 0 Å². The number of hydrogen-bond acceptors (Lipinski definition) is 3. The van der Waals surface area contributed by atoms with E-state index in [1.807, 2.05) is 29.6 Å². The Hall–Kier alpha value is -2.07. The zero-order chi connectivity index (χ0) is 13.8. The maximum Gasteiger partial charge on any atom is 0.140 e. The van der Waals surface area contributed by atoms with Crippen LogP contribution in [0.15, 0.2) is 53.9 Å². The van der Waals surface area contributed by atoms with Crippen LogP contribution < -0.4 is 10.2 Å². The van der Waals surface area contributed by atoms with Crippen molar-refractivity contribution in [1.29, 1.82) is 5.41 Å². The van der Waals surface area contributed by atoms with E-state index >= 15 is 0 Å². The first-order valence-electron chi connectivity index (χ1n) is 6.72. The van der Waals surface area contributed by atoms with Crippen LogP contribution in [0, 0.1) is 5.41 Å². The molecule has 20 heavy (non-hydrogen) atoms. The molecule has 0 unspecified atom stereocenters. The highest BCUT2D eigenvalue weighted by Crippen LogP contribution is 2.20. The Kier molecular flexibility index (Phi) is 3.83. The fraction of sp³-hybridized carbons (Fsp3) is 0.188. The van der Waals surface area contributed by atoms with Gasteiger partial charge < -0.3 is 10.2 Å². The molecule has 0 amide bonds. The van der Waals surface area contributed by atoms with Crippen LogP contribution in [0.4, 0.5) is 11.4 Å². The molecular formula is C16H17N3S. The SMILES string of the molecule is N=C(Nc1ccc(N2CC=CCC2)cc1)c1cccs1. The summed E-state index contributed by atoms with van der Waals surface area (Å²) in [7, 11) is 0. The van der Waals surface area contributed by atoms with E-state index in [2.05, 4.69) is 34.5 Å². The molecule has 3 rings (SSSR count). The standard InChI is InChI=1S/C16H17N3S/c17-16(15-5-4-12-20-15)18-13-6-8-14(9-7-13)19-10-2-1-3-11-19/h1-2,4-9,12H,3,10-11H2,(H2,17,18). The van der Waals surface area contributed by atoms with Gasteiger partial charge in [0.25, 0.3) is 0 Å². The molecule has 0 spiro atoms. The minimum atomic E-state index is 0.452. The van der Waals surface area contributed by atoms with E-state index in [9.17, 15) is 0 Å². The average molecular weight is 283 g/mol. The summed E-state index contributed by atoms with van der Waals surface area (Å²) < 4.78 is 0. The first-order chi connectivity index (χ1) is 9.83. The Labute approximate surface area is 123 Å². The normalized spacial score (nSPS) is 14.3. The first-order valence-corrected chi connectivity index (χ1v) is 7.60. The maximum atomic E-state index is 8.01. The average Bonchev–Trinajstić information content (AvgIpc) is 3.03. The molecule has 1 aromatic heterocycles. The van der Waals surface area contributed by atoms with Gasteiger partial charge in [0.15, 0.2) is 0 Å². The molecule has 1 aromatic carbocycles. The van der Waals surface area contributed by atoms with Gasteiger partial charge >= 0.3 is 0 Å². The molecule has 1 aliphatic rings. The fourth-order valence-electron chi connectivity index (χ4n) is 2.26. The number of rotatable bonds is 3. The summed E-state index contributed by atoms with van der Waals surface area (Å²) in [5, 5.41) is 13.1. The van der Waals surface area contributed by atoms with Gasteiger partial charge in [0.1, 0.15) is 5.84 Å². The van der Waals surface area contributed by atoms with Crippen LogP contribution >= 0.6 is 11.3 Å². The van der Waals surface area contributed by atoms with Crippen LogP contribution in [-0.4, -0.2) is 18.9 Å². The van der Waals surface area contributed by atoms with Gasteiger partial charge in [0.2, 0.25) is 0 Å². The van der Waals surface area contributed by atoms with Crippen molar-refractivity contribution in [2.75, 3.05) is 23.3 Å². The lowest BCUT2D eigenvalue weighted by molar-refractivity contribution is 0.821. The van der Waals surface area contributed by atoms with Crippen molar-refractivity contribution in [3.05, 3.63) is 58.8 Å². The summed E-state index contributed by atoms with van der Waals surface area (Å²) in [6, 6.07) is 12.2. The molecule has 102 valence electrons. The molecule has 0 bridgehead atoms. The van der Waals surface area contributed by atoms with E-state index in [0.717, 1.165) is 30.1 Å². The minimum absolute atomic E-state index is 0.452. The molecule has 0 fully saturated rings. The summed E-state index contributed by atoms with van der Waals surface area (Å²) in [6.45, 7) is 2.06. The molecular weight excluding hydrogens is 266 g/mol. The summed E-state index contributed by atoms with van der Waals surface area (Å²) in [6.07, 6.45) is 5.56. The Bertz CT molecular complexity index is 599. The van der Waals surface area contributed by atoms with Crippen LogP contribution in [0.5, 0.6) is 0 Å². The zero-order valence-electron chi connectivity index (χ0n) is 11.2. The minimum Gasteiger partial charge on any atom is -0.367 e. The summed E-state index contributed by atoms with van der Waals surface area (Å²) in [5.41, 5.74) is 2.20. The number of nitrogens with zero attached hydrogens (tertiary/aromatic N) is 1. The van der Waals surface area contributed by atoms with Gasteiger partial charge in [-0.15, -0.1) is 11.3 Å². The molecule has 4 heteroatoms. The van der Waals surface area contributed by atoms with Gasteiger partial charge in [-0.25, -0.2) is 0 Å². The number of amidine groups is 1. The second-order valence-electron chi connectivity index (χ2n) is 4.73. The van der Waals surface area contributed by atoms with Gasteiger partial charge in [-0.05, 0) is 42.1 Å². The zero-order valence-corrected chi connectivity index (χ0v) is 12.0. The third kappa shape index (κ3) is 2.91. The monoisotopic (exact) mass is 283 g/mol. The second-order valence-corrected chi connectivity index (χ2v) is 5.68. The predicted molar refractivity (Wildman–Crippen MR) is 87.2 cm³/mol. The molecule has 2 aromatic rings. The quantitative estimate of drug-likeness (QED) is 0.508. The molecule has 2 heterocycles. The van der Waals surface area contributed by atoms with E-state index in [1.54, 1.807) is 11.3 Å². The number of benzene rings is 1. The Morgan fingerprint density at radius 3 is 2.65 bits per heavy atom. The number of thiophene rings is 1. The van der Waals surface area contributed by atoms with E-state index in [-0.39, 0.29) is 0 Å². The van der Waals surface area contributed by atoms with Gasteiger partial charge in [-0.2, -0.15) is 0 Å². The third-order valence-corrected chi connectivity index (χ3v) is 4.21. The van der Waals surface area contributed by atoms with Crippen molar-refractivity contribution in [2.24, 2.45) is 0 Å². The lowest BCUT2D eigenvalue weighted by Gasteiger charge is -2.25. The summed E-state index contributed by atoms with van der Waals surface area (Å²) in [4.78, 5) is 3.31. The smallest absolute Gasteiger partial charge is 0.140 e. The Morgan fingerprint density at radius 2 is 2.00 bits per heavy atom. The second kappa shape index (κ2) is 5.92. The van der Waals surface area contributed by atoms with Gasteiger partial charge in [0.05, 0.1) is 4.88 Å². The largest absolute Gasteiger partial charge is 0.367 e. The topological polar surface area (TPSA) is 39.1 Å². The van der Waals surface area contributed by atoms with Crippen LogP contribution in [0.25, 0.3) is 0 Å². The van der Waals surface area contributed by atoms with Gasteiger partial charge in [-0.3, -0.25) is 5.41 Å². The third-order valence-electron chi connectivity index (χ3n) is 3.33. The van der Waals surface area contributed by atoms with Gasteiger partial charge in [-0.1, -0.05) is 18.2 Å². The van der Waals surface area contributed by atoms with Gasteiger partial charge in [0, 0.05) is 24.5 Å². The fourth-order valence-corrected chi connectivity index (χ4v) is 2.89. The molecule has 2 N–H and O–H groups in total. The lowest BCUT2D eigenvalue weighted by Crippen LogP contribution is -2.26. The van der Waals surface area contributed by atoms with Crippen molar-refractivity contribution in [3.8, 4) is 0 Å². The van der Waals surface area contributed by atoms with Crippen LogP contribution in [0.3, 0.4) is 0 Å². The molecule has 1 aliphatic heterocycles. The van der Waals surface area contributed by atoms with E-state index < -0.39 is 0 Å². The number of hydrogen-bond donors (Lipinski definition) is 2. The predicted octanol–water partition coefficient (Wildman–Crippen LogP) is 3.95. The number of nitrogens with one attached hydrogen (secondary N) is 2. The lowest BCUT2D eigenvalue weighted by atomic mass is 10.2. The number of anilines is 2. The van der Waals surface area contributed by atoms with Crippen LogP contribution in [0.1, 0.15) is 11.3 Å². The first kappa shape index (κ1) is 12.9. The molecule has 0 saturated heterocycles. The van der Waals surface area contributed by atoms with Crippen molar-refractivity contribution in [2.45, 2.75) is 6.42 Å². The highest BCUT2D eigenvalue weighted by atomic mass is 32.1. The molecule has 0 aliphatic carbocycles. The van der Waals surface area contributed by atoms with Crippen molar-refractivity contribution in [1.82, 2.24) is 0 Å². The maximum absolute atomic E-state index is 8.01. The summed E-state index contributed by atoms with van der Waals surface area (Å²) in [5.74, 6) is 0.452. The molecule has 0 atom stereocenters. The Balaban J connectivity index is 1.67.